The Balaban J connectivity index is 1.45. The molecule has 8 heteroatoms. The molecule has 2 saturated heterocycles. The van der Waals surface area contributed by atoms with Gasteiger partial charge >= 0.3 is 0 Å². The normalized spacial score (nSPS) is 23.4. The molecule has 2 aliphatic heterocycles. The van der Waals surface area contributed by atoms with Gasteiger partial charge in [0.05, 0.1) is 30.1 Å². The number of hydrogen-bond acceptors (Lipinski definition) is 6. The van der Waals surface area contributed by atoms with Gasteiger partial charge in [-0.2, -0.15) is 10.4 Å². The zero-order valence-corrected chi connectivity index (χ0v) is 19.3. The average Bonchev–Trinajstić information content (AvgIpc) is 3.37. The number of carbonyl (C=O) groups is 1. The van der Waals surface area contributed by atoms with Crippen molar-refractivity contribution in [2.45, 2.75) is 57.2 Å². The molecule has 0 saturated carbocycles. The summed E-state index contributed by atoms with van der Waals surface area (Å²) in [6.45, 7) is 4.54. The quantitative estimate of drug-likeness (QED) is 0.595. The van der Waals surface area contributed by atoms with Crippen molar-refractivity contribution in [3.05, 3.63) is 42.4 Å². The smallest absolute Gasteiger partial charge is 0.296 e. The van der Waals surface area contributed by atoms with Crippen LogP contribution in [0.15, 0.2) is 36.8 Å². The van der Waals surface area contributed by atoms with Crippen LogP contribution in [0, 0.1) is 23.7 Å². The summed E-state index contributed by atoms with van der Waals surface area (Å²) in [5.41, 5.74) is 2.68. The third kappa shape index (κ3) is 3.72. The van der Waals surface area contributed by atoms with Crippen molar-refractivity contribution in [1.29, 1.82) is 5.26 Å². The van der Waals surface area contributed by atoms with Gasteiger partial charge < -0.3 is 15.0 Å². The maximum Gasteiger partial charge on any atom is 0.296 e. The average molecular weight is 455 g/mol. The molecule has 0 radical (unpaired) electrons. The van der Waals surface area contributed by atoms with E-state index in [2.05, 4.69) is 34.2 Å². The Kier molecular flexibility index (Phi) is 5.37. The summed E-state index contributed by atoms with van der Waals surface area (Å²) in [6.07, 6.45) is 14.3. The molecule has 2 unspecified atom stereocenters. The fraction of sp³-hybridized carbons (Fsp3) is 0.385. The third-order valence-corrected chi connectivity index (χ3v) is 6.88. The summed E-state index contributed by atoms with van der Waals surface area (Å²) in [5, 5.41) is 16.9. The first kappa shape index (κ1) is 21.8. The van der Waals surface area contributed by atoms with Crippen LogP contribution in [0.5, 0.6) is 5.75 Å². The number of piperidine rings is 1. The number of aromatic nitrogens is 3. The maximum absolute atomic E-state index is 11.8. The highest BCUT2D eigenvalue weighted by atomic mass is 16.5. The number of pyridine rings is 2. The van der Waals surface area contributed by atoms with Crippen LogP contribution in [0.1, 0.15) is 45.1 Å². The molecule has 0 aromatic carbocycles. The number of nitrogens with zero attached hydrogens (tertiary/aromatic N) is 5. The molecule has 0 spiro atoms. The van der Waals surface area contributed by atoms with Crippen LogP contribution < -0.4 is 15.0 Å². The summed E-state index contributed by atoms with van der Waals surface area (Å²) < 4.78 is 7.40. The first-order valence-electron chi connectivity index (χ1n) is 11.5. The molecule has 3 aromatic heterocycles. The van der Waals surface area contributed by atoms with Gasteiger partial charge in [0.2, 0.25) is 0 Å². The van der Waals surface area contributed by atoms with Gasteiger partial charge in [-0.15, -0.1) is 6.42 Å². The van der Waals surface area contributed by atoms with E-state index in [0.717, 1.165) is 48.1 Å². The molecule has 2 aliphatic rings. The lowest BCUT2D eigenvalue weighted by atomic mass is 9.84. The topological polar surface area (TPSA) is 95.5 Å². The summed E-state index contributed by atoms with van der Waals surface area (Å²) in [7, 11) is 0. The van der Waals surface area contributed by atoms with Crippen molar-refractivity contribution in [2.24, 2.45) is 0 Å². The van der Waals surface area contributed by atoms with E-state index in [1.807, 2.05) is 31.3 Å². The van der Waals surface area contributed by atoms with Gasteiger partial charge in [0, 0.05) is 34.9 Å². The Morgan fingerprint density at radius 3 is 2.71 bits per heavy atom. The minimum atomic E-state index is -0.352. The number of rotatable bonds is 5. The standard InChI is InChI=1S/C26H26N6O2/c1-4-24(33)30-26(3)11-19-7-8-20(12-26)32(19)23-9-6-17(14-28-23)22-10-21(34-5-2)16-31-25(22)18(13-27)15-29-31/h1,6,9-10,14-16,19-20H,5,7-8,11-12H2,2-3H3,(H,30,33). The Morgan fingerprint density at radius 2 is 2.09 bits per heavy atom. The molecule has 8 nitrogen and oxygen atoms in total. The van der Waals surface area contributed by atoms with Gasteiger partial charge in [0.15, 0.2) is 0 Å². The van der Waals surface area contributed by atoms with Gasteiger partial charge in [-0.25, -0.2) is 9.50 Å². The number of nitriles is 1. The number of fused-ring (bicyclic) bond motifs is 3. The second-order valence-corrected chi connectivity index (χ2v) is 9.25. The Hall–Kier alpha value is -4.04. The van der Waals surface area contributed by atoms with E-state index in [0.29, 0.717) is 30.0 Å². The predicted octanol–water partition coefficient (Wildman–Crippen LogP) is 3.31. The van der Waals surface area contributed by atoms with Crippen LogP contribution >= 0.6 is 0 Å². The zero-order chi connectivity index (χ0) is 23.9. The second kappa shape index (κ2) is 8.39. The molecule has 2 fully saturated rings. The fourth-order valence-corrected chi connectivity index (χ4v) is 5.61. The summed E-state index contributed by atoms with van der Waals surface area (Å²) in [4.78, 5) is 19.0. The molecule has 3 aromatic rings. The van der Waals surface area contributed by atoms with E-state index in [9.17, 15) is 10.1 Å². The number of hydrogen-bond donors (Lipinski definition) is 1. The van der Waals surface area contributed by atoms with Crippen molar-refractivity contribution in [2.75, 3.05) is 11.5 Å². The Bertz CT molecular complexity index is 1320. The maximum atomic E-state index is 11.8. The minimum absolute atomic E-state index is 0.299. The first-order valence-corrected chi connectivity index (χ1v) is 11.5. The molecule has 34 heavy (non-hydrogen) atoms. The highest BCUT2D eigenvalue weighted by Crippen LogP contribution is 2.43. The second-order valence-electron chi connectivity index (χ2n) is 9.25. The van der Waals surface area contributed by atoms with Crippen molar-refractivity contribution in [3.63, 3.8) is 0 Å². The van der Waals surface area contributed by atoms with E-state index < -0.39 is 0 Å². The number of ether oxygens (including phenoxy) is 1. The third-order valence-electron chi connectivity index (χ3n) is 6.88. The van der Waals surface area contributed by atoms with E-state index in [1.54, 1.807) is 16.9 Å². The largest absolute Gasteiger partial charge is 0.492 e. The van der Waals surface area contributed by atoms with Crippen LogP contribution in [-0.4, -0.2) is 44.7 Å². The van der Waals surface area contributed by atoms with Gasteiger partial charge in [0.1, 0.15) is 17.6 Å². The Morgan fingerprint density at radius 1 is 1.32 bits per heavy atom. The summed E-state index contributed by atoms with van der Waals surface area (Å²) in [5.74, 6) is 3.43. The lowest BCUT2D eigenvalue weighted by molar-refractivity contribution is -0.117. The lowest BCUT2D eigenvalue weighted by Crippen LogP contribution is -2.57. The minimum Gasteiger partial charge on any atom is -0.492 e. The number of carbonyl (C=O) groups excluding carboxylic acids is 1. The highest BCUT2D eigenvalue weighted by molar-refractivity contribution is 5.93. The number of nitrogens with one attached hydrogen (secondary N) is 1. The van der Waals surface area contributed by atoms with Crippen LogP contribution in [0.3, 0.4) is 0 Å². The molecule has 5 rings (SSSR count). The van der Waals surface area contributed by atoms with Crippen LogP contribution in [0.25, 0.3) is 16.6 Å². The van der Waals surface area contributed by atoms with Crippen molar-refractivity contribution >= 4 is 17.2 Å². The van der Waals surface area contributed by atoms with Gasteiger partial charge in [0.25, 0.3) is 5.91 Å². The van der Waals surface area contributed by atoms with E-state index >= 15 is 0 Å². The highest BCUT2D eigenvalue weighted by Gasteiger charge is 2.47. The number of anilines is 1. The van der Waals surface area contributed by atoms with E-state index in [4.69, 9.17) is 16.1 Å². The first-order chi connectivity index (χ1) is 16.4. The van der Waals surface area contributed by atoms with E-state index in [1.165, 1.54) is 0 Å². The monoisotopic (exact) mass is 454 g/mol. The van der Waals surface area contributed by atoms with Crippen LogP contribution in [0.2, 0.25) is 0 Å². The Labute approximate surface area is 198 Å². The summed E-state index contributed by atoms with van der Waals surface area (Å²) >= 11 is 0. The van der Waals surface area contributed by atoms with Crippen molar-refractivity contribution in [3.8, 4) is 35.3 Å². The van der Waals surface area contributed by atoms with Crippen LogP contribution in [-0.2, 0) is 4.79 Å². The molecular weight excluding hydrogens is 428 g/mol. The molecule has 2 atom stereocenters. The van der Waals surface area contributed by atoms with Gasteiger partial charge in [-0.05, 0) is 63.7 Å². The molecule has 2 bridgehead atoms. The molecule has 1 N–H and O–H groups in total. The number of terminal acetylenes is 1. The molecule has 5 heterocycles. The fourth-order valence-electron chi connectivity index (χ4n) is 5.61. The zero-order valence-electron chi connectivity index (χ0n) is 19.3. The SMILES string of the molecule is C#CC(=O)NC1(C)CC2CCC(C1)N2c1ccc(-c2cc(OCC)cn3ncc(C#N)c23)cn1. The van der Waals surface area contributed by atoms with Crippen molar-refractivity contribution < 1.29 is 9.53 Å². The van der Waals surface area contributed by atoms with E-state index in [-0.39, 0.29) is 11.4 Å². The molecule has 1 amide bonds. The summed E-state index contributed by atoms with van der Waals surface area (Å²) in [6, 6.07) is 8.83. The van der Waals surface area contributed by atoms with Gasteiger partial charge in [-0.1, -0.05) is 0 Å². The molecular formula is C26H26N6O2. The predicted molar refractivity (Wildman–Crippen MR) is 128 cm³/mol. The molecule has 0 aliphatic carbocycles. The lowest BCUT2D eigenvalue weighted by Gasteiger charge is -2.45. The van der Waals surface area contributed by atoms with Crippen molar-refractivity contribution in [1.82, 2.24) is 19.9 Å². The van der Waals surface area contributed by atoms with Crippen LogP contribution in [0.4, 0.5) is 5.82 Å². The van der Waals surface area contributed by atoms with Gasteiger partial charge in [-0.3, -0.25) is 4.79 Å². The number of amides is 1. The molecule has 172 valence electrons.